The minimum Gasteiger partial charge on any atom is -0.497 e. The van der Waals surface area contributed by atoms with E-state index in [1.807, 2.05) is 30.3 Å². The number of hydrogen-bond acceptors (Lipinski definition) is 5. The van der Waals surface area contributed by atoms with Crippen molar-refractivity contribution in [2.75, 3.05) is 13.7 Å². The van der Waals surface area contributed by atoms with E-state index >= 15 is 0 Å². The summed E-state index contributed by atoms with van der Waals surface area (Å²) in [5, 5.41) is 2.79. The number of benzene rings is 2. The lowest BCUT2D eigenvalue weighted by molar-refractivity contribution is -0.137. The van der Waals surface area contributed by atoms with Crippen molar-refractivity contribution in [2.45, 2.75) is 38.3 Å². The van der Waals surface area contributed by atoms with Gasteiger partial charge in [0.05, 0.1) is 18.8 Å². The number of halogens is 1. The summed E-state index contributed by atoms with van der Waals surface area (Å²) in [7, 11) is 1.61. The summed E-state index contributed by atoms with van der Waals surface area (Å²) in [5.41, 5.74) is 0.707. The third-order valence-electron chi connectivity index (χ3n) is 5.93. The first kappa shape index (κ1) is 23.4. The van der Waals surface area contributed by atoms with E-state index in [0.717, 1.165) is 24.1 Å². The van der Waals surface area contributed by atoms with E-state index in [1.54, 1.807) is 32.1 Å². The number of likely N-dealkylation sites (tertiary alicyclic amines) is 1. The minimum atomic E-state index is -1.16. The Labute approximate surface area is 198 Å². The molecule has 0 spiro atoms. The van der Waals surface area contributed by atoms with Crippen LogP contribution in [0.1, 0.15) is 48.8 Å². The van der Waals surface area contributed by atoms with Gasteiger partial charge in [0.1, 0.15) is 17.1 Å². The number of ether oxygens (including phenoxy) is 1. The van der Waals surface area contributed by atoms with Gasteiger partial charge in [-0.15, -0.1) is 0 Å². The maximum Gasteiger partial charge on any atom is 0.252 e. The lowest BCUT2D eigenvalue weighted by Gasteiger charge is -2.33. The van der Waals surface area contributed by atoms with Gasteiger partial charge in [-0.05, 0) is 69.2 Å². The van der Waals surface area contributed by atoms with Gasteiger partial charge in [0.15, 0.2) is 5.82 Å². The molecule has 1 atom stereocenters. The summed E-state index contributed by atoms with van der Waals surface area (Å²) < 4.78 is 18.5. The van der Waals surface area contributed by atoms with Gasteiger partial charge in [0.25, 0.3) is 5.91 Å². The van der Waals surface area contributed by atoms with E-state index in [1.165, 1.54) is 24.3 Å². The number of carbonyl (C=O) groups excluding carboxylic acids is 2. The average Bonchev–Trinajstić information content (AvgIpc) is 3.33. The molecule has 7 nitrogen and oxygen atoms in total. The molecule has 1 aromatic heterocycles. The zero-order valence-electron chi connectivity index (χ0n) is 19.4. The highest BCUT2D eigenvalue weighted by Crippen LogP contribution is 2.33. The number of carbonyl (C=O) groups is 2. The van der Waals surface area contributed by atoms with Crippen LogP contribution in [-0.4, -0.2) is 45.9 Å². The molecule has 1 fully saturated rings. The molecule has 1 saturated heterocycles. The van der Waals surface area contributed by atoms with Crippen LogP contribution in [0.25, 0.3) is 11.4 Å². The maximum absolute atomic E-state index is 13.5. The van der Waals surface area contributed by atoms with Crippen molar-refractivity contribution in [3.05, 3.63) is 77.9 Å². The van der Waals surface area contributed by atoms with Crippen molar-refractivity contribution < 1.29 is 18.7 Å². The van der Waals surface area contributed by atoms with Crippen LogP contribution in [-0.2, 0) is 4.79 Å². The second kappa shape index (κ2) is 9.59. The Hall–Kier alpha value is -3.81. The molecule has 176 valence electrons. The van der Waals surface area contributed by atoms with Crippen LogP contribution in [0.2, 0.25) is 0 Å². The monoisotopic (exact) mass is 462 g/mol. The van der Waals surface area contributed by atoms with Crippen LogP contribution < -0.4 is 10.1 Å². The van der Waals surface area contributed by atoms with Crippen LogP contribution in [0.4, 0.5) is 4.39 Å². The van der Waals surface area contributed by atoms with Gasteiger partial charge in [-0.2, -0.15) is 0 Å². The fourth-order valence-corrected chi connectivity index (χ4v) is 4.15. The Morgan fingerprint density at radius 1 is 1.15 bits per heavy atom. The van der Waals surface area contributed by atoms with Crippen molar-refractivity contribution in [1.29, 1.82) is 0 Å². The molecule has 4 rings (SSSR count). The van der Waals surface area contributed by atoms with Crippen LogP contribution in [0.3, 0.4) is 0 Å². The summed E-state index contributed by atoms with van der Waals surface area (Å²) in [6.45, 7) is 3.92. The first-order valence-corrected chi connectivity index (χ1v) is 11.1. The quantitative estimate of drug-likeness (QED) is 0.595. The second-order valence-corrected chi connectivity index (χ2v) is 8.78. The van der Waals surface area contributed by atoms with E-state index in [0.29, 0.717) is 23.7 Å². The van der Waals surface area contributed by atoms with Gasteiger partial charge >= 0.3 is 0 Å². The minimum absolute atomic E-state index is 0.202. The highest BCUT2D eigenvalue weighted by molar-refractivity contribution is 5.99. The molecule has 1 aliphatic rings. The van der Waals surface area contributed by atoms with Crippen molar-refractivity contribution >= 4 is 11.8 Å². The second-order valence-electron chi connectivity index (χ2n) is 8.78. The zero-order chi connectivity index (χ0) is 24.3. The van der Waals surface area contributed by atoms with Gasteiger partial charge in [-0.1, -0.05) is 12.1 Å². The normalized spacial score (nSPS) is 15.8. The van der Waals surface area contributed by atoms with Gasteiger partial charge < -0.3 is 15.0 Å². The summed E-state index contributed by atoms with van der Waals surface area (Å²) >= 11 is 0. The highest BCUT2D eigenvalue weighted by Gasteiger charge is 2.40. The third kappa shape index (κ3) is 4.90. The van der Waals surface area contributed by atoms with E-state index in [9.17, 15) is 14.0 Å². The van der Waals surface area contributed by atoms with Crippen molar-refractivity contribution in [2.24, 2.45) is 0 Å². The molecule has 1 aliphatic heterocycles. The molecule has 2 amide bonds. The van der Waals surface area contributed by atoms with E-state index in [2.05, 4.69) is 10.3 Å². The molecule has 1 N–H and O–H groups in total. The first-order chi connectivity index (χ1) is 16.3. The Morgan fingerprint density at radius 2 is 1.91 bits per heavy atom. The van der Waals surface area contributed by atoms with Gasteiger partial charge in [0, 0.05) is 23.9 Å². The molecule has 34 heavy (non-hydrogen) atoms. The van der Waals surface area contributed by atoms with Crippen molar-refractivity contribution in [1.82, 2.24) is 20.2 Å². The Kier molecular flexibility index (Phi) is 6.58. The van der Waals surface area contributed by atoms with Gasteiger partial charge in [-0.25, -0.2) is 14.4 Å². The standard InChI is InChI=1S/C26H27FN4O3/c1-26(2,30-24(32)17-9-11-19(27)12-10-17)25(33)31-15-5-8-22(31)21-13-14-28-23(29-21)18-6-4-7-20(16-18)34-3/h4,6-7,9-14,16,22H,5,8,15H2,1-3H3,(H,30,32)/t22-/m1/s1. The number of nitrogens with zero attached hydrogens (tertiary/aromatic N) is 3. The SMILES string of the molecule is COc1cccc(-c2nccc([C@H]3CCCN3C(=O)C(C)(C)NC(=O)c3ccc(F)cc3)n2)c1. The molecule has 8 heteroatoms. The Bertz CT molecular complexity index is 1200. The largest absolute Gasteiger partial charge is 0.497 e. The maximum atomic E-state index is 13.5. The lowest BCUT2D eigenvalue weighted by atomic mass is 10.0. The molecule has 3 aromatic rings. The summed E-state index contributed by atoms with van der Waals surface area (Å²) in [4.78, 5) is 37.1. The predicted molar refractivity (Wildman–Crippen MR) is 126 cm³/mol. The number of aromatic nitrogens is 2. The molecular formula is C26H27FN4O3. The number of methoxy groups -OCH3 is 1. The molecule has 0 bridgehead atoms. The van der Waals surface area contributed by atoms with Crippen LogP contribution >= 0.6 is 0 Å². The highest BCUT2D eigenvalue weighted by atomic mass is 19.1. The summed E-state index contributed by atoms with van der Waals surface area (Å²) in [6, 6.07) is 14.3. The van der Waals surface area contributed by atoms with Crippen LogP contribution in [0, 0.1) is 5.82 Å². The van der Waals surface area contributed by atoms with Gasteiger partial charge in [-0.3, -0.25) is 9.59 Å². The summed E-state index contributed by atoms with van der Waals surface area (Å²) in [5.74, 6) is 0.204. The Balaban J connectivity index is 1.54. The van der Waals surface area contributed by atoms with Gasteiger partial charge in [0.2, 0.25) is 5.91 Å². The molecule has 0 radical (unpaired) electrons. The van der Waals surface area contributed by atoms with E-state index in [-0.39, 0.29) is 11.9 Å². The topological polar surface area (TPSA) is 84.4 Å². The molecule has 0 aliphatic carbocycles. The molecule has 2 heterocycles. The van der Waals surface area contributed by atoms with Crippen molar-refractivity contribution in [3.8, 4) is 17.1 Å². The van der Waals surface area contributed by atoms with Crippen molar-refractivity contribution in [3.63, 3.8) is 0 Å². The predicted octanol–water partition coefficient (Wildman–Crippen LogP) is 4.16. The number of nitrogens with one attached hydrogen (secondary N) is 1. The number of amides is 2. The van der Waals surface area contributed by atoms with E-state index < -0.39 is 17.3 Å². The average molecular weight is 463 g/mol. The molecular weight excluding hydrogens is 435 g/mol. The number of rotatable bonds is 6. The fraction of sp³-hybridized carbons (Fsp3) is 0.308. The number of hydrogen-bond donors (Lipinski definition) is 1. The first-order valence-electron chi connectivity index (χ1n) is 11.1. The molecule has 0 saturated carbocycles. The van der Waals surface area contributed by atoms with Crippen LogP contribution in [0.15, 0.2) is 60.8 Å². The summed E-state index contributed by atoms with van der Waals surface area (Å²) in [6.07, 6.45) is 3.29. The lowest BCUT2D eigenvalue weighted by Crippen LogP contribution is -2.55. The smallest absolute Gasteiger partial charge is 0.252 e. The van der Waals surface area contributed by atoms with E-state index in [4.69, 9.17) is 9.72 Å². The third-order valence-corrected chi connectivity index (χ3v) is 5.93. The van der Waals surface area contributed by atoms with Crippen LogP contribution in [0.5, 0.6) is 5.75 Å². The fourth-order valence-electron chi connectivity index (χ4n) is 4.15. The zero-order valence-corrected chi connectivity index (χ0v) is 19.4. The molecule has 0 unspecified atom stereocenters. The Morgan fingerprint density at radius 3 is 2.65 bits per heavy atom. The molecule has 2 aromatic carbocycles.